The summed E-state index contributed by atoms with van der Waals surface area (Å²) >= 11 is 0. The number of amides is 1. The Bertz CT molecular complexity index is 626. The van der Waals surface area contributed by atoms with E-state index in [-0.39, 0.29) is 5.91 Å². The minimum Gasteiger partial charge on any atom is -0.310 e. The van der Waals surface area contributed by atoms with Gasteiger partial charge in [0.05, 0.1) is 11.9 Å². The molecule has 2 aromatic rings. The number of para-hydroxylation sites is 1. The fourth-order valence-electron chi connectivity index (χ4n) is 2.06. The predicted octanol–water partition coefficient (Wildman–Crippen LogP) is 2.62. The molecule has 1 aromatic carbocycles. The van der Waals surface area contributed by atoms with E-state index in [2.05, 4.69) is 10.4 Å². The number of nitrogens with one attached hydrogen (secondary N) is 1. The molecule has 0 spiro atoms. The third-order valence-electron chi connectivity index (χ3n) is 3.05. The summed E-state index contributed by atoms with van der Waals surface area (Å²) in [4.78, 5) is 11.7. The lowest BCUT2D eigenvalue weighted by Gasteiger charge is -2.08. The average molecular weight is 239 g/mol. The summed E-state index contributed by atoms with van der Waals surface area (Å²) in [6.45, 7) is 2.00. The van der Waals surface area contributed by atoms with Gasteiger partial charge < -0.3 is 5.32 Å². The Kier molecular flexibility index (Phi) is 2.48. The van der Waals surface area contributed by atoms with Crippen LogP contribution in [0.1, 0.15) is 18.9 Å². The number of carbonyl (C=O) groups excluding carboxylic acids is 1. The van der Waals surface area contributed by atoms with Gasteiger partial charge in [-0.15, -0.1) is 0 Å². The third kappa shape index (κ3) is 1.72. The molecule has 1 N–H and O–H groups in total. The SMILES string of the molecule is CC1=CCC(=O)Nc2c1cnn2-c1ccccc1. The maximum absolute atomic E-state index is 11.7. The maximum Gasteiger partial charge on any atom is 0.229 e. The number of hydrogen-bond acceptors (Lipinski definition) is 2. The van der Waals surface area contributed by atoms with Crippen molar-refractivity contribution >= 4 is 17.3 Å². The second-order valence-electron chi connectivity index (χ2n) is 4.29. The van der Waals surface area contributed by atoms with Crippen LogP contribution < -0.4 is 5.32 Å². The van der Waals surface area contributed by atoms with Gasteiger partial charge in [-0.25, -0.2) is 4.68 Å². The fourth-order valence-corrected chi connectivity index (χ4v) is 2.06. The highest BCUT2D eigenvalue weighted by atomic mass is 16.1. The van der Waals surface area contributed by atoms with E-state index in [0.717, 1.165) is 22.6 Å². The number of carbonyl (C=O) groups is 1. The van der Waals surface area contributed by atoms with Crippen LogP contribution in [0.3, 0.4) is 0 Å². The van der Waals surface area contributed by atoms with Gasteiger partial charge in [0.15, 0.2) is 0 Å². The molecular formula is C14H13N3O. The van der Waals surface area contributed by atoms with Crippen molar-refractivity contribution < 1.29 is 4.79 Å². The lowest BCUT2D eigenvalue weighted by Crippen LogP contribution is -2.13. The Hall–Kier alpha value is -2.36. The summed E-state index contributed by atoms with van der Waals surface area (Å²) in [5, 5.41) is 7.27. The van der Waals surface area contributed by atoms with Gasteiger partial charge in [-0.05, 0) is 24.6 Å². The number of fused-ring (bicyclic) bond motifs is 1. The zero-order chi connectivity index (χ0) is 12.5. The zero-order valence-corrected chi connectivity index (χ0v) is 10.1. The first-order valence-electron chi connectivity index (χ1n) is 5.86. The second-order valence-corrected chi connectivity index (χ2v) is 4.29. The maximum atomic E-state index is 11.7. The highest BCUT2D eigenvalue weighted by Crippen LogP contribution is 2.28. The minimum atomic E-state index is -0.00854. The van der Waals surface area contributed by atoms with Crippen LogP contribution >= 0.6 is 0 Å². The summed E-state index contributed by atoms with van der Waals surface area (Å²) in [6, 6.07) is 9.78. The highest BCUT2D eigenvalue weighted by molar-refractivity contribution is 5.97. The van der Waals surface area contributed by atoms with Crippen molar-refractivity contribution in [2.45, 2.75) is 13.3 Å². The highest BCUT2D eigenvalue weighted by Gasteiger charge is 2.18. The van der Waals surface area contributed by atoms with Crippen LogP contribution in [0.4, 0.5) is 5.82 Å². The number of hydrogen-bond donors (Lipinski definition) is 1. The fraction of sp³-hybridized carbons (Fsp3) is 0.143. The van der Waals surface area contributed by atoms with Crippen LogP contribution in [0.15, 0.2) is 42.6 Å². The molecule has 0 saturated heterocycles. The van der Waals surface area contributed by atoms with Gasteiger partial charge >= 0.3 is 0 Å². The quantitative estimate of drug-likeness (QED) is 0.831. The van der Waals surface area contributed by atoms with Crippen molar-refractivity contribution in [1.29, 1.82) is 0 Å². The normalized spacial score (nSPS) is 14.5. The molecule has 1 aromatic heterocycles. The lowest BCUT2D eigenvalue weighted by molar-refractivity contribution is -0.115. The van der Waals surface area contributed by atoms with Gasteiger partial charge in [-0.1, -0.05) is 24.3 Å². The van der Waals surface area contributed by atoms with E-state index >= 15 is 0 Å². The van der Waals surface area contributed by atoms with E-state index in [1.165, 1.54) is 0 Å². The van der Waals surface area contributed by atoms with Gasteiger partial charge in [0.25, 0.3) is 0 Å². The number of rotatable bonds is 1. The van der Waals surface area contributed by atoms with Crippen molar-refractivity contribution in [3.05, 3.63) is 48.2 Å². The first kappa shape index (κ1) is 10.8. The number of aromatic nitrogens is 2. The molecule has 1 aliphatic rings. The smallest absolute Gasteiger partial charge is 0.229 e. The molecule has 4 nitrogen and oxygen atoms in total. The molecule has 2 heterocycles. The minimum absolute atomic E-state index is 0.00854. The summed E-state index contributed by atoms with van der Waals surface area (Å²) in [5.74, 6) is 0.739. The monoisotopic (exact) mass is 239 g/mol. The van der Waals surface area contributed by atoms with Crippen LogP contribution in [0.5, 0.6) is 0 Å². The van der Waals surface area contributed by atoms with Crippen LogP contribution in [-0.2, 0) is 4.79 Å². The number of anilines is 1. The molecule has 0 fully saturated rings. The summed E-state index contributed by atoms with van der Waals surface area (Å²) in [5.41, 5.74) is 2.99. The molecule has 0 radical (unpaired) electrons. The number of allylic oxidation sites excluding steroid dienone is 1. The molecule has 0 unspecified atom stereocenters. The van der Waals surface area contributed by atoms with Gasteiger partial charge in [0, 0.05) is 12.0 Å². The molecule has 0 saturated carbocycles. The van der Waals surface area contributed by atoms with Crippen LogP contribution in [0.2, 0.25) is 0 Å². The predicted molar refractivity (Wildman–Crippen MR) is 70.5 cm³/mol. The Morgan fingerprint density at radius 3 is 2.83 bits per heavy atom. The third-order valence-corrected chi connectivity index (χ3v) is 3.05. The molecule has 0 atom stereocenters. The summed E-state index contributed by atoms with van der Waals surface area (Å²) < 4.78 is 1.76. The van der Waals surface area contributed by atoms with Gasteiger partial charge in [-0.3, -0.25) is 4.79 Å². The first-order chi connectivity index (χ1) is 8.75. The Balaban J connectivity index is 2.16. The van der Waals surface area contributed by atoms with Crippen molar-refractivity contribution in [2.24, 2.45) is 0 Å². The van der Waals surface area contributed by atoms with Crippen molar-refractivity contribution in [1.82, 2.24) is 9.78 Å². The van der Waals surface area contributed by atoms with E-state index in [1.807, 2.05) is 43.3 Å². The first-order valence-corrected chi connectivity index (χ1v) is 5.86. The Labute approximate surface area is 105 Å². The van der Waals surface area contributed by atoms with Gasteiger partial charge in [0.2, 0.25) is 5.91 Å². The molecule has 0 aliphatic carbocycles. The summed E-state index contributed by atoms with van der Waals surface area (Å²) in [6.07, 6.45) is 4.13. The number of nitrogens with zero attached hydrogens (tertiary/aromatic N) is 2. The molecule has 3 rings (SSSR count). The number of benzene rings is 1. The van der Waals surface area contributed by atoms with E-state index in [1.54, 1.807) is 10.9 Å². The van der Waals surface area contributed by atoms with E-state index in [0.29, 0.717) is 6.42 Å². The van der Waals surface area contributed by atoms with Crippen LogP contribution in [-0.4, -0.2) is 15.7 Å². The van der Waals surface area contributed by atoms with E-state index < -0.39 is 0 Å². The molecule has 18 heavy (non-hydrogen) atoms. The molecular weight excluding hydrogens is 226 g/mol. The molecule has 1 amide bonds. The van der Waals surface area contributed by atoms with Crippen molar-refractivity contribution in [3.63, 3.8) is 0 Å². The molecule has 4 heteroatoms. The Morgan fingerprint density at radius 2 is 2.06 bits per heavy atom. The average Bonchev–Trinajstić information content (AvgIpc) is 2.75. The van der Waals surface area contributed by atoms with E-state index in [9.17, 15) is 4.79 Å². The second kappa shape index (κ2) is 4.14. The van der Waals surface area contributed by atoms with Crippen LogP contribution in [0.25, 0.3) is 11.3 Å². The van der Waals surface area contributed by atoms with Gasteiger partial charge in [0.1, 0.15) is 5.82 Å². The Morgan fingerprint density at radius 1 is 1.28 bits per heavy atom. The standard InChI is InChI=1S/C14H13N3O/c1-10-7-8-13(18)16-14-12(10)9-15-17(14)11-5-3-2-4-6-11/h2-7,9H,8H2,1H3,(H,16,18). The topological polar surface area (TPSA) is 46.9 Å². The molecule has 90 valence electrons. The van der Waals surface area contributed by atoms with Gasteiger partial charge in [-0.2, -0.15) is 5.10 Å². The molecule has 1 aliphatic heterocycles. The van der Waals surface area contributed by atoms with Crippen molar-refractivity contribution in [2.75, 3.05) is 5.32 Å². The van der Waals surface area contributed by atoms with Crippen LogP contribution in [0, 0.1) is 0 Å². The largest absolute Gasteiger partial charge is 0.310 e. The van der Waals surface area contributed by atoms with Crippen molar-refractivity contribution in [3.8, 4) is 5.69 Å². The zero-order valence-electron chi connectivity index (χ0n) is 10.1. The molecule has 0 bridgehead atoms. The van der Waals surface area contributed by atoms with E-state index in [4.69, 9.17) is 0 Å². The summed E-state index contributed by atoms with van der Waals surface area (Å²) in [7, 11) is 0. The lowest BCUT2D eigenvalue weighted by atomic mass is 10.1.